The number of benzodiazepines with no additional fused rings is 1. The second-order valence-corrected chi connectivity index (χ2v) is 10.9. The van der Waals surface area contributed by atoms with E-state index in [0.717, 1.165) is 16.6 Å². The van der Waals surface area contributed by atoms with E-state index in [1.54, 1.807) is 48.5 Å². The summed E-state index contributed by atoms with van der Waals surface area (Å²) in [6.45, 7) is -1.17. The predicted molar refractivity (Wildman–Crippen MR) is 168 cm³/mol. The Balaban J connectivity index is 1.63. The van der Waals surface area contributed by atoms with E-state index in [1.165, 1.54) is 24.2 Å². The van der Waals surface area contributed by atoms with Crippen LogP contribution in [0.1, 0.15) is 16.7 Å². The van der Waals surface area contributed by atoms with Gasteiger partial charge >= 0.3 is 18.2 Å². The Labute approximate surface area is 274 Å². The summed E-state index contributed by atoms with van der Waals surface area (Å²) >= 11 is 9.10. The van der Waals surface area contributed by atoms with Crippen molar-refractivity contribution in [2.45, 2.75) is 12.2 Å². The fourth-order valence-corrected chi connectivity index (χ4v) is 4.79. The molecule has 10 nitrogen and oxygen atoms in total. The molecule has 0 unspecified atom stereocenters. The molecule has 4 rings (SSSR count). The highest BCUT2D eigenvalue weighted by Gasteiger charge is 2.36. The number of methoxy groups -OCH3 is 1. The van der Waals surface area contributed by atoms with Gasteiger partial charge in [0.05, 0.1) is 29.8 Å². The van der Waals surface area contributed by atoms with Gasteiger partial charge in [-0.3, -0.25) is 19.9 Å². The number of hydrogen-bond acceptors (Lipinski definition) is 7. The van der Waals surface area contributed by atoms with Crippen LogP contribution in [0.4, 0.5) is 29.3 Å². The summed E-state index contributed by atoms with van der Waals surface area (Å²) < 4.78 is 51.1. The molecule has 3 amide bonds. The number of nitrogens with zero attached hydrogens (tertiary/aromatic N) is 2. The maximum atomic E-state index is 13.9. The maximum Gasteiger partial charge on any atom is 0.418 e. The highest BCUT2D eigenvalue weighted by molar-refractivity contribution is 9.10. The monoisotopic (exact) mass is 720 g/mol. The average molecular weight is 722 g/mol. The van der Waals surface area contributed by atoms with Crippen LogP contribution >= 0.6 is 27.5 Å². The summed E-state index contributed by atoms with van der Waals surface area (Å²) in [5.41, 5.74) is 0.0172. The number of alkyl halides is 3. The molecule has 1 aliphatic heterocycles. The fourth-order valence-electron chi connectivity index (χ4n) is 4.35. The zero-order chi connectivity index (χ0) is 33.4. The van der Waals surface area contributed by atoms with Gasteiger partial charge in [0, 0.05) is 33.2 Å². The van der Waals surface area contributed by atoms with Crippen LogP contribution in [0.15, 0.2) is 88.3 Å². The summed E-state index contributed by atoms with van der Waals surface area (Å²) in [4.78, 5) is 56.6. The summed E-state index contributed by atoms with van der Waals surface area (Å²) in [5, 5.41) is 4.43. The van der Waals surface area contributed by atoms with Crippen molar-refractivity contribution in [2.24, 2.45) is 4.99 Å². The molecule has 46 heavy (non-hydrogen) atoms. The first-order chi connectivity index (χ1) is 21.9. The molecule has 0 fully saturated rings. The Kier molecular flexibility index (Phi) is 11.2. The third kappa shape index (κ3) is 8.73. The average Bonchev–Trinajstić information content (AvgIpc) is 3.13. The first-order valence-electron chi connectivity index (χ1n) is 13.4. The molecular weight excluding hydrogens is 697 g/mol. The number of hydrogen-bond donors (Lipinski definition) is 2. The highest BCUT2D eigenvalue weighted by atomic mass is 79.9. The van der Waals surface area contributed by atoms with E-state index in [4.69, 9.17) is 16.3 Å². The van der Waals surface area contributed by atoms with Crippen LogP contribution in [0.5, 0.6) is 0 Å². The Morgan fingerprint density at radius 3 is 2.50 bits per heavy atom. The van der Waals surface area contributed by atoms with Crippen molar-refractivity contribution < 1.29 is 41.8 Å². The van der Waals surface area contributed by atoms with Gasteiger partial charge in [0.1, 0.15) is 13.2 Å². The van der Waals surface area contributed by atoms with E-state index in [2.05, 4.69) is 31.0 Å². The van der Waals surface area contributed by atoms with Gasteiger partial charge < -0.3 is 19.7 Å². The topological polar surface area (TPSA) is 126 Å². The second kappa shape index (κ2) is 15.1. The number of fused-ring (bicyclic) bond motifs is 1. The lowest BCUT2D eigenvalue weighted by Gasteiger charge is -2.24. The number of nitrogens with one attached hydrogen (secondary N) is 2. The van der Waals surface area contributed by atoms with Crippen molar-refractivity contribution in [3.63, 3.8) is 0 Å². The minimum absolute atomic E-state index is 0.0322. The highest BCUT2D eigenvalue weighted by Crippen LogP contribution is 2.36. The number of aliphatic imine (C=N–C) groups is 1. The number of esters is 1. The van der Waals surface area contributed by atoms with Gasteiger partial charge in [0.2, 0.25) is 5.91 Å². The molecule has 15 heteroatoms. The summed E-state index contributed by atoms with van der Waals surface area (Å²) in [6.07, 6.45) is -3.59. The van der Waals surface area contributed by atoms with Crippen LogP contribution in [0.2, 0.25) is 5.02 Å². The minimum Gasteiger partial charge on any atom is -0.466 e. The fraction of sp³-hybridized carbons (Fsp3) is 0.194. The van der Waals surface area contributed by atoms with Crippen LogP contribution < -0.4 is 15.5 Å². The molecule has 0 saturated heterocycles. The molecule has 0 bridgehead atoms. The van der Waals surface area contributed by atoms with Crippen LogP contribution in [-0.4, -0.2) is 62.4 Å². The number of para-hydroxylation sites is 1. The molecule has 0 aliphatic carbocycles. The van der Waals surface area contributed by atoms with Gasteiger partial charge in [-0.15, -0.1) is 0 Å². The number of anilines is 2. The molecule has 3 aromatic rings. The van der Waals surface area contributed by atoms with Crippen LogP contribution in [-0.2, 0) is 30.0 Å². The first kappa shape index (κ1) is 34.2. The molecule has 240 valence electrons. The molecule has 0 saturated carbocycles. The van der Waals surface area contributed by atoms with Crippen molar-refractivity contribution >= 4 is 68.5 Å². The van der Waals surface area contributed by atoms with Crippen molar-refractivity contribution in [1.82, 2.24) is 5.32 Å². The van der Waals surface area contributed by atoms with Crippen LogP contribution in [0, 0.1) is 0 Å². The molecule has 2 N–H and O–H groups in total. The third-order valence-corrected chi connectivity index (χ3v) is 7.24. The molecule has 0 aromatic heterocycles. The number of ether oxygens (including phenoxy) is 2. The molecule has 0 spiro atoms. The lowest BCUT2D eigenvalue weighted by Crippen LogP contribution is -2.46. The smallest absolute Gasteiger partial charge is 0.418 e. The van der Waals surface area contributed by atoms with E-state index < -0.39 is 60.5 Å². The number of amides is 3. The minimum atomic E-state index is -4.82. The van der Waals surface area contributed by atoms with Gasteiger partial charge in [-0.05, 0) is 36.4 Å². The van der Waals surface area contributed by atoms with Crippen molar-refractivity contribution in [3.05, 3.63) is 105 Å². The van der Waals surface area contributed by atoms with E-state index in [-0.39, 0.29) is 11.6 Å². The Hall–Kier alpha value is -4.69. The SMILES string of the molecule is COC(=O)/C=C/CNC(=O)CN1C(=O)[C@@H](COC(=O)Nc2ccc(Cl)cc2C(F)(F)F)N=C(c2ccc(Br)cc2)c2ccccc21. The standard InChI is InChI=1S/C31H25BrClF3N4O6/c1-45-27(42)7-4-14-37-26(41)16-40-25-6-3-2-5-21(25)28(18-8-10-19(32)11-9-18)38-24(29(40)43)17-46-30(44)39-23-13-12-20(33)15-22(23)31(34,35)36/h2-13,15,24H,14,16-17H2,1H3,(H,37,41)(H,39,44)/b7-4+/t24-/m1/s1. The lowest BCUT2D eigenvalue weighted by molar-refractivity contribution is -0.137. The van der Waals surface area contributed by atoms with Crippen molar-refractivity contribution in [2.75, 3.05) is 37.0 Å². The molecule has 1 aliphatic rings. The number of benzene rings is 3. The van der Waals surface area contributed by atoms with E-state index in [1.807, 2.05) is 5.32 Å². The van der Waals surface area contributed by atoms with Gasteiger partial charge in [0.25, 0.3) is 5.91 Å². The van der Waals surface area contributed by atoms with Gasteiger partial charge in [-0.25, -0.2) is 9.59 Å². The molecular formula is C31H25BrClF3N4O6. The van der Waals surface area contributed by atoms with E-state index in [0.29, 0.717) is 28.6 Å². The quantitative estimate of drug-likeness (QED) is 0.214. The van der Waals surface area contributed by atoms with Crippen LogP contribution in [0.3, 0.4) is 0 Å². The van der Waals surface area contributed by atoms with Crippen LogP contribution in [0.25, 0.3) is 0 Å². The summed E-state index contributed by atoms with van der Waals surface area (Å²) in [5.74, 6) is -1.90. The Morgan fingerprint density at radius 2 is 1.80 bits per heavy atom. The first-order valence-corrected chi connectivity index (χ1v) is 14.6. The second-order valence-electron chi connectivity index (χ2n) is 9.58. The van der Waals surface area contributed by atoms with Gasteiger partial charge in [0.15, 0.2) is 6.04 Å². The number of halogens is 5. The summed E-state index contributed by atoms with van der Waals surface area (Å²) in [7, 11) is 1.21. The normalized spacial score (nSPS) is 14.7. The Morgan fingerprint density at radius 1 is 1.09 bits per heavy atom. The predicted octanol–water partition coefficient (Wildman–Crippen LogP) is 5.77. The van der Waals surface area contributed by atoms with Crippen molar-refractivity contribution in [1.29, 1.82) is 0 Å². The summed E-state index contributed by atoms with van der Waals surface area (Å²) in [6, 6.07) is 15.2. The Bertz CT molecular complexity index is 1700. The van der Waals surface area contributed by atoms with Gasteiger partial charge in [-0.1, -0.05) is 63.9 Å². The molecule has 3 aromatic carbocycles. The maximum absolute atomic E-state index is 13.9. The zero-order valence-electron chi connectivity index (χ0n) is 23.9. The number of carbonyl (C=O) groups is 4. The molecule has 1 atom stereocenters. The largest absolute Gasteiger partial charge is 0.466 e. The van der Waals surface area contributed by atoms with E-state index in [9.17, 15) is 32.3 Å². The lowest BCUT2D eigenvalue weighted by atomic mass is 10.0. The number of carbonyl (C=O) groups excluding carboxylic acids is 4. The number of rotatable bonds is 9. The van der Waals surface area contributed by atoms with E-state index >= 15 is 0 Å². The molecule has 1 heterocycles. The van der Waals surface area contributed by atoms with Gasteiger partial charge in [-0.2, -0.15) is 13.2 Å². The van der Waals surface area contributed by atoms with Crippen molar-refractivity contribution in [3.8, 4) is 0 Å². The third-order valence-electron chi connectivity index (χ3n) is 6.47. The zero-order valence-corrected chi connectivity index (χ0v) is 26.3. The molecule has 0 radical (unpaired) electrons.